The van der Waals surface area contributed by atoms with Crippen molar-refractivity contribution in [1.29, 1.82) is 0 Å². The molecule has 0 spiro atoms. The molecule has 0 saturated heterocycles. The van der Waals surface area contributed by atoms with Crippen molar-refractivity contribution in [2.75, 3.05) is 5.32 Å². The maximum Gasteiger partial charge on any atom is 0.138 e. The van der Waals surface area contributed by atoms with Gasteiger partial charge in [-0.25, -0.2) is 9.97 Å². The molecule has 1 aliphatic rings. The van der Waals surface area contributed by atoms with E-state index in [0.717, 1.165) is 33.1 Å². The maximum absolute atomic E-state index is 6.12. The molecule has 1 heterocycles. The number of hydrogen-bond acceptors (Lipinski definition) is 3. The highest BCUT2D eigenvalue weighted by Crippen LogP contribution is 2.41. The molecule has 122 valence electrons. The molecule has 3 aromatic rings. The zero-order valence-corrected chi connectivity index (χ0v) is 14.6. The molecule has 0 radical (unpaired) electrons. The molecule has 4 heteroatoms. The number of benzene rings is 2. The Bertz CT molecular complexity index is 903. The molecule has 2 aromatic carbocycles. The van der Waals surface area contributed by atoms with Gasteiger partial charge in [0.2, 0.25) is 0 Å². The first-order valence-corrected chi connectivity index (χ1v) is 8.78. The van der Waals surface area contributed by atoms with E-state index < -0.39 is 0 Å². The Balaban J connectivity index is 1.73. The summed E-state index contributed by atoms with van der Waals surface area (Å²) in [5, 5.41) is 5.39. The standard InChI is InChI=1S/C20H20ClN3/c1-12(15-4-3-5-17(21)10-15)22-20-18-11-16(14-6-7-14)8-9-19(18)23-13(2)24-20/h3-5,8-12,14H,6-7H2,1-2H3,(H,22,23,24). The van der Waals surface area contributed by atoms with Gasteiger partial charge in [-0.3, -0.25) is 0 Å². The van der Waals surface area contributed by atoms with Crippen LogP contribution in [0.3, 0.4) is 0 Å². The van der Waals surface area contributed by atoms with Crippen LogP contribution >= 0.6 is 11.6 Å². The molecule has 1 unspecified atom stereocenters. The minimum Gasteiger partial charge on any atom is -0.363 e. The molecule has 0 aliphatic heterocycles. The average Bonchev–Trinajstić information content (AvgIpc) is 3.39. The second-order valence-electron chi connectivity index (χ2n) is 6.59. The molecule has 1 fully saturated rings. The molecule has 1 N–H and O–H groups in total. The minimum absolute atomic E-state index is 0.116. The molecule has 0 bridgehead atoms. The summed E-state index contributed by atoms with van der Waals surface area (Å²) < 4.78 is 0. The van der Waals surface area contributed by atoms with Crippen LogP contribution in [0.5, 0.6) is 0 Å². The third kappa shape index (κ3) is 3.09. The molecule has 3 nitrogen and oxygen atoms in total. The van der Waals surface area contributed by atoms with E-state index in [9.17, 15) is 0 Å². The Hall–Kier alpha value is -2.13. The molecule has 24 heavy (non-hydrogen) atoms. The van der Waals surface area contributed by atoms with E-state index in [2.05, 4.69) is 46.5 Å². The van der Waals surface area contributed by atoms with Crippen molar-refractivity contribution in [2.24, 2.45) is 0 Å². The van der Waals surface area contributed by atoms with Gasteiger partial charge < -0.3 is 5.32 Å². The lowest BCUT2D eigenvalue weighted by atomic mass is 10.1. The van der Waals surface area contributed by atoms with Gasteiger partial charge in [0.15, 0.2) is 0 Å². The number of anilines is 1. The van der Waals surface area contributed by atoms with Crippen LogP contribution in [0.4, 0.5) is 5.82 Å². The zero-order chi connectivity index (χ0) is 16.7. The molecule has 1 aromatic heterocycles. The lowest BCUT2D eigenvalue weighted by Crippen LogP contribution is -2.09. The van der Waals surface area contributed by atoms with Crippen molar-refractivity contribution < 1.29 is 0 Å². The third-order valence-corrected chi connectivity index (χ3v) is 4.82. The number of aromatic nitrogens is 2. The highest BCUT2D eigenvalue weighted by atomic mass is 35.5. The monoisotopic (exact) mass is 337 g/mol. The number of nitrogens with one attached hydrogen (secondary N) is 1. The topological polar surface area (TPSA) is 37.8 Å². The Labute approximate surface area is 147 Å². The number of nitrogens with zero attached hydrogens (tertiary/aromatic N) is 2. The van der Waals surface area contributed by atoms with Crippen molar-refractivity contribution in [1.82, 2.24) is 9.97 Å². The van der Waals surface area contributed by atoms with Crippen LogP contribution in [0.15, 0.2) is 42.5 Å². The summed E-state index contributed by atoms with van der Waals surface area (Å²) in [4.78, 5) is 9.23. The molecule has 1 saturated carbocycles. The fraction of sp³-hybridized carbons (Fsp3) is 0.300. The van der Waals surface area contributed by atoms with Gasteiger partial charge in [0.05, 0.1) is 11.6 Å². The van der Waals surface area contributed by atoms with E-state index in [4.69, 9.17) is 11.6 Å². The zero-order valence-electron chi connectivity index (χ0n) is 13.9. The van der Waals surface area contributed by atoms with Gasteiger partial charge in [0, 0.05) is 10.4 Å². The predicted molar refractivity (Wildman–Crippen MR) is 99.7 cm³/mol. The number of fused-ring (bicyclic) bond motifs is 1. The van der Waals surface area contributed by atoms with Crippen molar-refractivity contribution in [2.45, 2.75) is 38.6 Å². The normalized spacial score (nSPS) is 15.5. The van der Waals surface area contributed by atoms with Gasteiger partial charge in [0.1, 0.15) is 11.6 Å². The summed E-state index contributed by atoms with van der Waals surface area (Å²) in [7, 11) is 0. The smallest absolute Gasteiger partial charge is 0.138 e. The van der Waals surface area contributed by atoms with Gasteiger partial charge in [-0.1, -0.05) is 29.8 Å². The van der Waals surface area contributed by atoms with Crippen LogP contribution < -0.4 is 5.32 Å². The fourth-order valence-corrected chi connectivity index (χ4v) is 3.31. The Kier molecular flexibility index (Phi) is 3.89. The maximum atomic E-state index is 6.12. The quantitative estimate of drug-likeness (QED) is 0.669. The Morgan fingerprint density at radius 1 is 1.12 bits per heavy atom. The van der Waals surface area contributed by atoms with Crippen LogP contribution in [0, 0.1) is 6.92 Å². The lowest BCUT2D eigenvalue weighted by Gasteiger charge is -2.17. The van der Waals surface area contributed by atoms with Crippen LogP contribution in [0.2, 0.25) is 5.02 Å². The predicted octanol–water partition coefficient (Wildman–Crippen LogP) is 5.64. The van der Waals surface area contributed by atoms with Crippen LogP contribution in [-0.4, -0.2) is 9.97 Å². The number of rotatable bonds is 4. The molecular formula is C20H20ClN3. The Morgan fingerprint density at radius 3 is 2.71 bits per heavy atom. The summed E-state index contributed by atoms with van der Waals surface area (Å²) in [5.74, 6) is 2.39. The second kappa shape index (κ2) is 6.06. The minimum atomic E-state index is 0.116. The lowest BCUT2D eigenvalue weighted by molar-refractivity contribution is 0.872. The van der Waals surface area contributed by atoms with Crippen molar-refractivity contribution in [3.8, 4) is 0 Å². The molecule has 4 rings (SSSR count). The number of aryl methyl sites for hydroxylation is 1. The molecule has 0 amide bonds. The summed E-state index contributed by atoms with van der Waals surface area (Å²) in [6.45, 7) is 4.06. The highest BCUT2D eigenvalue weighted by molar-refractivity contribution is 6.30. The van der Waals surface area contributed by atoms with E-state index in [-0.39, 0.29) is 6.04 Å². The van der Waals surface area contributed by atoms with Crippen molar-refractivity contribution >= 4 is 28.3 Å². The van der Waals surface area contributed by atoms with E-state index in [1.807, 2.05) is 25.1 Å². The first kappa shape index (κ1) is 15.4. The summed E-state index contributed by atoms with van der Waals surface area (Å²) in [6, 6.07) is 14.6. The second-order valence-corrected chi connectivity index (χ2v) is 7.03. The van der Waals surface area contributed by atoms with E-state index in [1.165, 1.54) is 18.4 Å². The first-order chi connectivity index (χ1) is 11.6. The average molecular weight is 338 g/mol. The first-order valence-electron chi connectivity index (χ1n) is 8.40. The largest absolute Gasteiger partial charge is 0.363 e. The van der Waals surface area contributed by atoms with E-state index in [0.29, 0.717) is 5.92 Å². The van der Waals surface area contributed by atoms with Crippen molar-refractivity contribution in [3.63, 3.8) is 0 Å². The number of halogens is 1. The van der Waals surface area contributed by atoms with Crippen LogP contribution in [0.25, 0.3) is 10.9 Å². The Morgan fingerprint density at radius 2 is 1.96 bits per heavy atom. The van der Waals surface area contributed by atoms with Gasteiger partial charge in [0.25, 0.3) is 0 Å². The summed E-state index contributed by atoms with van der Waals surface area (Å²) in [6.07, 6.45) is 2.58. The molecule has 1 atom stereocenters. The van der Waals surface area contributed by atoms with Crippen molar-refractivity contribution in [3.05, 3.63) is 64.4 Å². The molecule has 1 aliphatic carbocycles. The van der Waals surface area contributed by atoms with Gasteiger partial charge in [-0.05, 0) is 68.0 Å². The van der Waals surface area contributed by atoms with E-state index in [1.54, 1.807) is 0 Å². The third-order valence-electron chi connectivity index (χ3n) is 4.58. The highest BCUT2D eigenvalue weighted by Gasteiger charge is 2.24. The SMILES string of the molecule is Cc1nc(NC(C)c2cccc(Cl)c2)c2cc(C3CC3)ccc2n1. The summed E-state index contributed by atoms with van der Waals surface area (Å²) >= 11 is 6.12. The van der Waals surface area contributed by atoms with Crippen LogP contribution in [0.1, 0.15) is 48.7 Å². The van der Waals surface area contributed by atoms with Gasteiger partial charge in [-0.2, -0.15) is 0 Å². The number of hydrogen-bond donors (Lipinski definition) is 1. The summed E-state index contributed by atoms with van der Waals surface area (Å²) in [5.41, 5.74) is 3.53. The van der Waals surface area contributed by atoms with Gasteiger partial charge >= 0.3 is 0 Å². The van der Waals surface area contributed by atoms with Crippen LogP contribution in [-0.2, 0) is 0 Å². The molecular weight excluding hydrogens is 318 g/mol. The van der Waals surface area contributed by atoms with E-state index >= 15 is 0 Å². The fourth-order valence-electron chi connectivity index (χ4n) is 3.11. The van der Waals surface area contributed by atoms with Gasteiger partial charge in [-0.15, -0.1) is 0 Å².